The Labute approximate surface area is 159 Å². The molecule has 0 radical (unpaired) electrons. The van der Waals surface area contributed by atoms with Crippen molar-refractivity contribution in [2.75, 3.05) is 33.1 Å². The number of hydrogen-bond donors (Lipinski definition) is 2. The predicted octanol–water partition coefficient (Wildman–Crippen LogP) is 2.61. The molecule has 142 valence electrons. The van der Waals surface area contributed by atoms with Crippen LogP contribution in [-0.2, 0) is 11.2 Å². The van der Waals surface area contributed by atoms with Gasteiger partial charge < -0.3 is 20.3 Å². The van der Waals surface area contributed by atoms with Crippen LogP contribution in [0, 0.1) is 0 Å². The van der Waals surface area contributed by atoms with Crippen molar-refractivity contribution < 1.29 is 14.3 Å². The number of carbonyl (C=O) groups excluding carboxylic acids is 2. The van der Waals surface area contributed by atoms with Gasteiger partial charge >= 0.3 is 0 Å². The lowest BCUT2D eigenvalue weighted by atomic mass is 10.00. The Morgan fingerprint density at radius 2 is 1.93 bits per heavy atom. The molecule has 1 unspecified atom stereocenters. The van der Waals surface area contributed by atoms with E-state index in [-0.39, 0.29) is 17.9 Å². The monoisotopic (exact) mass is 367 g/mol. The van der Waals surface area contributed by atoms with Crippen LogP contribution < -0.4 is 15.4 Å². The van der Waals surface area contributed by atoms with Gasteiger partial charge in [0, 0.05) is 24.2 Å². The molecule has 2 N–H and O–H groups in total. The van der Waals surface area contributed by atoms with E-state index >= 15 is 0 Å². The second-order valence-electron chi connectivity index (χ2n) is 6.88. The lowest BCUT2D eigenvalue weighted by Crippen LogP contribution is -2.34. The summed E-state index contributed by atoms with van der Waals surface area (Å²) in [5, 5.41) is 5.86. The van der Waals surface area contributed by atoms with Crippen molar-refractivity contribution in [1.29, 1.82) is 0 Å². The SMILES string of the molecule is COc1ccc(C(CNC(=O)c2ccc3c(c2)CCC(=O)N3)N(C)C)cc1. The van der Waals surface area contributed by atoms with Crippen molar-refractivity contribution in [1.82, 2.24) is 10.2 Å². The number of fused-ring (bicyclic) bond motifs is 1. The number of likely N-dealkylation sites (N-methyl/N-ethyl adjacent to an activating group) is 1. The van der Waals surface area contributed by atoms with E-state index in [0.29, 0.717) is 24.9 Å². The Bertz CT molecular complexity index is 831. The van der Waals surface area contributed by atoms with Crippen LogP contribution in [0.5, 0.6) is 5.75 Å². The lowest BCUT2D eigenvalue weighted by molar-refractivity contribution is -0.116. The average Bonchev–Trinajstić information content (AvgIpc) is 2.67. The van der Waals surface area contributed by atoms with Crippen LogP contribution in [-0.4, -0.2) is 44.5 Å². The van der Waals surface area contributed by atoms with Crippen LogP contribution in [0.2, 0.25) is 0 Å². The Balaban J connectivity index is 1.68. The molecule has 1 aliphatic heterocycles. The molecular weight excluding hydrogens is 342 g/mol. The van der Waals surface area contributed by atoms with Gasteiger partial charge in [-0.3, -0.25) is 9.59 Å². The van der Waals surface area contributed by atoms with E-state index in [1.807, 2.05) is 44.4 Å². The van der Waals surface area contributed by atoms with Crippen LogP contribution in [0.15, 0.2) is 42.5 Å². The summed E-state index contributed by atoms with van der Waals surface area (Å²) in [5.74, 6) is 0.713. The summed E-state index contributed by atoms with van der Waals surface area (Å²) in [6.07, 6.45) is 1.12. The van der Waals surface area contributed by atoms with Crippen LogP contribution in [0.3, 0.4) is 0 Å². The quantitative estimate of drug-likeness (QED) is 0.823. The van der Waals surface area contributed by atoms with Gasteiger partial charge in [-0.05, 0) is 62.0 Å². The van der Waals surface area contributed by atoms with Crippen molar-refractivity contribution in [2.45, 2.75) is 18.9 Å². The highest BCUT2D eigenvalue weighted by molar-refractivity contribution is 5.97. The molecule has 1 aliphatic rings. The molecule has 0 saturated carbocycles. The van der Waals surface area contributed by atoms with Gasteiger partial charge in [-0.25, -0.2) is 0 Å². The summed E-state index contributed by atoms with van der Waals surface area (Å²) < 4.78 is 5.21. The van der Waals surface area contributed by atoms with E-state index in [4.69, 9.17) is 4.74 Å². The molecule has 3 rings (SSSR count). The van der Waals surface area contributed by atoms with Crippen molar-refractivity contribution in [3.8, 4) is 5.75 Å². The molecule has 6 nitrogen and oxygen atoms in total. The molecular formula is C21H25N3O3. The summed E-state index contributed by atoms with van der Waals surface area (Å²) in [7, 11) is 5.62. The first-order chi connectivity index (χ1) is 13.0. The highest BCUT2D eigenvalue weighted by atomic mass is 16.5. The van der Waals surface area contributed by atoms with Crippen molar-refractivity contribution in [3.63, 3.8) is 0 Å². The number of rotatable bonds is 6. The van der Waals surface area contributed by atoms with Gasteiger partial charge in [-0.2, -0.15) is 0 Å². The number of amides is 2. The Kier molecular flexibility index (Phi) is 5.76. The van der Waals surface area contributed by atoms with Gasteiger partial charge in [-0.1, -0.05) is 12.1 Å². The number of nitrogens with one attached hydrogen (secondary N) is 2. The number of methoxy groups -OCH3 is 1. The van der Waals surface area contributed by atoms with Crippen LogP contribution in [0.4, 0.5) is 5.69 Å². The molecule has 0 spiro atoms. The van der Waals surface area contributed by atoms with Gasteiger partial charge in [0.15, 0.2) is 0 Å². The summed E-state index contributed by atoms with van der Waals surface area (Å²) in [5.41, 5.74) is 3.51. The number of hydrogen-bond acceptors (Lipinski definition) is 4. The fourth-order valence-electron chi connectivity index (χ4n) is 3.24. The van der Waals surface area contributed by atoms with Gasteiger partial charge in [0.25, 0.3) is 5.91 Å². The topological polar surface area (TPSA) is 70.7 Å². The van der Waals surface area contributed by atoms with Crippen molar-refractivity contribution in [2.24, 2.45) is 0 Å². The number of anilines is 1. The first-order valence-corrected chi connectivity index (χ1v) is 8.99. The largest absolute Gasteiger partial charge is 0.497 e. The van der Waals surface area contributed by atoms with E-state index in [2.05, 4.69) is 15.5 Å². The Hall–Kier alpha value is -2.86. The predicted molar refractivity (Wildman–Crippen MR) is 105 cm³/mol. The minimum atomic E-state index is -0.116. The minimum Gasteiger partial charge on any atom is -0.497 e. The van der Waals surface area contributed by atoms with E-state index in [9.17, 15) is 9.59 Å². The van der Waals surface area contributed by atoms with Gasteiger partial charge in [-0.15, -0.1) is 0 Å². The van der Waals surface area contributed by atoms with Crippen LogP contribution in [0.1, 0.15) is 33.9 Å². The molecule has 2 aromatic rings. The third-order valence-corrected chi connectivity index (χ3v) is 4.84. The maximum absolute atomic E-state index is 12.6. The zero-order valence-corrected chi connectivity index (χ0v) is 15.9. The number of aryl methyl sites for hydroxylation is 1. The lowest BCUT2D eigenvalue weighted by Gasteiger charge is -2.25. The van der Waals surface area contributed by atoms with Crippen molar-refractivity contribution >= 4 is 17.5 Å². The molecule has 6 heteroatoms. The second-order valence-corrected chi connectivity index (χ2v) is 6.88. The summed E-state index contributed by atoms with van der Waals surface area (Å²) in [4.78, 5) is 26.1. The fraction of sp³-hybridized carbons (Fsp3) is 0.333. The molecule has 0 saturated heterocycles. The normalized spacial score (nSPS) is 14.3. The van der Waals surface area contributed by atoms with E-state index in [1.165, 1.54) is 0 Å². The van der Waals surface area contributed by atoms with Crippen LogP contribution >= 0.6 is 0 Å². The fourth-order valence-corrected chi connectivity index (χ4v) is 3.24. The first-order valence-electron chi connectivity index (χ1n) is 8.99. The van der Waals surface area contributed by atoms with Gasteiger partial charge in [0.1, 0.15) is 5.75 Å². The summed E-state index contributed by atoms with van der Waals surface area (Å²) >= 11 is 0. The summed E-state index contributed by atoms with van der Waals surface area (Å²) in [6, 6.07) is 13.3. The van der Waals surface area contributed by atoms with Gasteiger partial charge in [0.05, 0.1) is 13.2 Å². The minimum absolute atomic E-state index is 0.0213. The number of ether oxygens (including phenoxy) is 1. The zero-order valence-electron chi connectivity index (χ0n) is 15.9. The van der Waals surface area contributed by atoms with E-state index in [0.717, 1.165) is 22.6 Å². The molecule has 0 aliphatic carbocycles. The van der Waals surface area contributed by atoms with E-state index < -0.39 is 0 Å². The molecule has 0 fully saturated rings. The molecule has 0 aromatic heterocycles. The summed E-state index contributed by atoms with van der Waals surface area (Å²) in [6.45, 7) is 0.492. The highest BCUT2D eigenvalue weighted by Gasteiger charge is 2.19. The molecule has 1 heterocycles. The highest BCUT2D eigenvalue weighted by Crippen LogP contribution is 2.24. The molecule has 1 atom stereocenters. The third-order valence-electron chi connectivity index (χ3n) is 4.84. The third kappa shape index (κ3) is 4.46. The molecule has 2 aromatic carbocycles. The number of carbonyl (C=O) groups is 2. The maximum atomic E-state index is 12.6. The van der Waals surface area contributed by atoms with Crippen LogP contribution in [0.25, 0.3) is 0 Å². The molecule has 0 bridgehead atoms. The number of benzene rings is 2. The smallest absolute Gasteiger partial charge is 0.251 e. The Morgan fingerprint density at radius 1 is 1.19 bits per heavy atom. The standard InChI is InChI=1S/C21H25N3O3/c1-24(2)19(14-4-8-17(27-3)9-5-14)13-22-21(26)16-6-10-18-15(12-16)7-11-20(25)23-18/h4-6,8-10,12,19H,7,11,13H2,1-3H3,(H,22,26)(H,23,25). The number of nitrogens with zero attached hydrogens (tertiary/aromatic N) is 1. The second kappa shape index (κ2) is 8.22. The zero-order chi connectivity index (χ0) is 19.4. The maximum Gasteiger partial charge on any atom is 0.251 e. The molecule has 2 amide bonds. The van der Waals surface area contributed by atoms with Crippen molar-refractivity contribution in [3.05, 3.63) is 59.2 Å². The van der Waals surface area contributed by atoms with E-state index in [1.54, 1.807) is 19.2 Å². The van der Waals surface area contributed by atoms with Gasteiger partial charge in [0.2, 0.25) is 5.91 Å². The Morgan fingerprint density at radius 3 is 2.59 bits per heavy atom. The first kappa shape index (κ1) is 18.9. The molecule has 27 heavy (non-hydrogen) atoms. The average molecular weight is 367 g/mol.